The third kappa shape index (κ3) is 3.71. The molecule has 0 aliphatic heterocycles. The summed E-state index contributed by atoms with van der Waals surface area (Å²) in [5, 5.41) is 7.43. The second-order valence-electron chi connectivity index (χ2n) is 7.55. The molecule has 0 aromatic carbocycles. The molecule has 0 radical (unpaired) electrons. The van der Waals surface area contributed by atoms with Gasteiger partial charge in [-0.2, -0.15) is 0 Å². The Kier molecular flexibility index (Phi) is 3.72. The first-order valence-corrected chi connectivity index (χ1v) is 7.25. The Morgan fingerprint density at radius 2 is 2.00 bits per heavy atom. The Bertz CT molecular complexity index is 320. The number of amidine groups is 1. The Labute approximate surface area is 111 Å². The molecule has 0 amide bonds. The summed E-state index contributed by atoms with van der Waals surface area (Å²) in [7, 11) is 0. The lowest BCUT2D eigenvalue weighted by atomic mass is 9.71. The van der Waals surface area contributed by atoms with Gasteiger partial charge in [-0.1, -0.05) is 20.8 Å². The van der Waals surface area contributed by atoms with Crippen LogP contribution in [-0.2, 0) is 4.74 Å². The lowest BCUT2D eigenvalue weighted by molar-refractivity contribution is -0.0396. The molecule has 0 aromatic heterocycles. The van der Waals surface area contributed by atoms with E-state index in [2.05, 4.69) is 20.8 Å². The fraction of sp³-hybridized carbons (Fsp3) is 0.933. The molecular weight excluding hydrogens is 224 g/mol. The van der Waals surface area contributed by atoms with Gasteiger partial charge in [0, 0.05) is 11.8 Å². The summed E-state index contributed by atoms with van der Waals surface area (Å²) >= 11 is 0. The van der Waals surface area contributed by atoms with Gasteiger partial charge in [0.1, 0.15) is 0 Å². The van der Waals surface area contributed by atoms with Gasteiger partial charge in [-0.15, -0.1) is 0 Å². The van der Waals surface area contributed by atoms with Crippen molar-refractivity contribution in [2.45, 2.75) is 65.4 Å². The van der Waals surface area contributed by atoms with Crippen molar-refractivity contribution in [2.75, 3.05) is 6.61 Å². The standard InChI is InChI=1S/C15H28N2O/c1-11-6-12(8-14(2,3)7-11)18-10-15(4-5-15)9-13(16)17/h11-12H,4-10H2,1-3H3,(H3,16,17). The maximum Gasteiger partial charge on any atom is 0.0911 e. The monoisotopic (exact) mass is 252 g/mol. The largest absolute Gasteiger partial charge is 0.388 e. The summed E-state index contributed by atoms with van der Waals surface area (Å²) in [6, 6.07) is 0. The first kappa shape index (κ1) is 13.9. The first-order valence-electron chi connectivity index (χ1n) is 7.25. The van der Waals surface area contributed by atoms with E-state index in [0.717, 1.165) is 18.9 Å². The van der Waals surface area contributed by atoms with Gasteiger partial charge in [0.2, 0.25) is 0 Å². The van der Waals surface area contributed by atoms with Crippen LogP contribution in [0, 0.1) is 22.2 Å². The molecule has 18 heavy (non-hydrogen) atoms. The van der Waals surface area contributed by atoms with Crippen molar-refractivity contribution >= 4 is 5.84 Å². The zero-order chi connectivity index (χ0) is 13.4. The highest BCUT2D eigenvalue weighted by Gasteiger charge is 2.44. The van der Waals surface area contributed by atoms with Crippen LogP contribution in [0.4, 0.5) is 0 Å². The van der Waals surface area contributed by atoms with E-state index in [0.29, 0.717) is 17.4 Å². The van der Waals surface area contributed by atoms with Crippen molar-refractivity contribution in [2.24, 2.45) is 22.5 Å². The fourth-order valence-corrected chi connectivity index (χ4v) is 3.63. The van der Waals surface area contributed by atoms with E-state index in [-0.39, 0.29) is 5.41 Å². The van der Waals surface area contributed by atoms with E-state index < -0.39 is 0 Å². The highest BCUT2D eigenvalue weighted by atomic mass is 16.5. The average Bonchev–Trinajstić information content (AvgIpc) is 2.91. The molecule has 3 nitrogen and oxygen atoms in total. The molecule has 2 fully saturated rings. The minimum atomic E-state index is 0.219. The van der Waals surface area contributed by atoms with Gasteiger partial charge in [-0.3, -0.25) is 5.41 Å². The van der Waals surface area contributed by atoms with E-state index >= 15 is 0 Å². The number of hydrogen-bond acceptors (Lipinski definition) is 2. The van der Waals surface area contributed by atoms with E-state index in [1.165, 1.54) is 32.1 Å². The minimum absolute atomic E-state index is 0.219. The van der Waals surface area contributed by atoms with Crippen LogP contribution in [0.5, 0.6) is 0 Å². The Morgan fingerprint density at radius 3 is 2.50 bits per heavy atom. The van der Waals surface area contributed by atoms with Gasteiger partial charge in [-0.05, 0) is 43.4 Å². The molecule has 3 heteroatoms. The molecule has 0 saturated heterocycles. The molecule has 0 aromatic rings. The molecule has 2 rings (SSSR count). The lowest BCUT2D eigenvalue weighted by Crippen LogP contribution is -2.34. The smallest absolute Gasteiger partial charge is 0.0911 e. The maximum atomic E-state index is 7.43. The second kappa shape index (κ2) is 4.84. The van der Waals surface area contributed by atoms with Crippen molar-refractivity contribution in [3.05, 3.63) is 0 Å². The van der Waals surface area contributed by atoms with Gasteiger partial charge in [-0.25, -0.2) is 0 Å². The predicted octanol–water partition coefficient (Wildman–Crippen LogP) is 3.32. The average molecular weight is 252 g/mol. The molecule has 0 bridgehead atoms. The van der Waals surface area contributed by atoms with Crippen LogP contribution in [0.25, 0.3) is 0 Å². The maximum absolute atomic E-state index is 7.43. The number of ether oxygens (including phenoxy) is 1. The highest BCUT2D eigenvalue weighted by Crippen LogP contribution is 2.50. The van der Waals surface area contributed by atoms with Crippen molar-refractivity contribution in [3.8, 4) is 0 Å². The Morgan fingerprint density at radius 1 is 1.33 bits per heavy atom. The fourth-order valence-electron chi connectivity index (χ4n) is 3.63. The van der Waals surface area contributed by atoms with Crippen LogP contribution in [0.1, 0.15) is 59.3 Å². The quantitative estimate of drug-likeness (QED) is 0.582. The van der Waals surface area contributed by atoms with Gasteiger partial charge in [0.05, 0.1) is 18.5 Å². The SMILES string of the molecule is CC1CC(OCC2(CC(=N)N)CC2)CC(C)(C)C1. The van der Waals surface area contributed by atoms with Crippen LogP contribution < -0.4 is 5.73 Å². The summed E-state index contributed by atoms with van der Waals surface area (Å²) in [6.07, 6.45) is 7.17. The molecule has 0 spiro atoms. The number of rotatable bonds is 5. The molecule has 2 aliphatic rings. The summed E-state index contributed by atoms with van der Waals surface area (Å²) in [4.78, 5) is 0. The normalized spacial score (nSPS) is 33.1. The van der Waals surface area contributed by atoms with Crippen molar-refractivity contribution < 1.29 is 4.74 Å². The van der Waals surface area contributed by atoms with Crippen molar-refractivity contribution in [1.29, 1.82) is 5.41 Å². The minimum Gasteiger partial charge on any atom is -0.388 e. The summed E-state index contributed by atoms with van der Waals surface area (Å²) in [6.45, 7) is 7.84. The Balaban J connectivity index is 1.81. The van der Waals surface area contributed by atoms with E-state index in [4.69, 9.17) is 15.9 Å². The van der Waals surface area contributed by atoms with E-state index in [9.17, 15) is 0 Å². The predicted molar refractivity (Wildman–Crippen MR) is 74.7 cm³/mol. The van der Waals surface area contributed by atoms with Crippen LogP contribution in [-0.4, -0.2) is 18.5 Å². The van der Waals surface area contributed by atoms with Crippen LogP contribution in [0.2, 0.25) is 0 Å². The summed E-state index contributed by atoms with van der Waals surface area (Å²) in [5.41, 5.74) is 6.16. The van der Waals surface area contributed by atoms with Gasteiger partial charge in [0.25, 0.3) is 0 Å². The third-order valence-electron chi connectivity index (χ3n) is 4.49. The van der Waals surface area contributed by atoms with E-state index in [1.54, 1.807) is 0 Å². The molecule has 104 valence electrons. The molecule has 2 unspecified atom stereocenters. The summed E-state index contributed by atoms with van der Waals surface area (Å²) in [5.74, 6) is 1.08. The zero-order valence-corrected chi connectivity index (χ0v) is 12.1. The molecule has 0 heterocycles. The van der Waals surface area contributed by atoms with E-state index in [1.807, 2.05) is 0 Å². The number of hydrogen-bond donors (Lipinski definition) is 2. The molecular formula is C15H28N2O. The Hall–Kier alpha value is -0.570. The zero-order valence-electron chi connectivity index (χ0n) is 12.1. The molecule has 3 N–H and O–H groups in total. The van der Waals surface area contributed by atoms with Crippen LogP contribution >= 0.6 is 0 Å². The number of nitrogens with one attached hydrogen (secondary N) is 1. The van der Waals surface area contributed by atoms with Crippen molar-refractivity contribution in [3.63, 3.8) is 0 Å². The second-order valence-corrected chi connectivity index (χ2v) is 7.55. The lowest BCUT2D eigenvalue weighted by Gasteiger charge is -2.39. The molecule has 2 aliphatic carbocycles. The van der Waals surface area contributed by atoms with Crippen LogP contribution in [0.15, 0.2) is 0 Å². The molecule has 2 atom stereocenters. The summed E-state index contributed by atoms with van der Waals surface area (Å²) < 4.78 is 6.16. The van der Waals surface area contributed by atoms with Crippen LogP contribution in [0.3, 0.4) is 0 Å². The number of nitrogens with two attached hydrogens (primary N) is 1. The third-order valence-corrected chi connectivity index (χ3v) is 4.49. The highest BCUT2D eigenvalue weighted by molar-refractivity contribution is 5.78. The molecule has 2 saturated carbocycles. The van der Waals surface area contributed by atoms with Gasteiger partial charge < -0.3 is 10.5 Å². The first-order chi connectivity index (χ1) is 8.30. The van der Waals surface area contributed by atoms with Gasteiger partial charge >= 0.3 is 0 Å². The van der Waals surface area contributed by atoms with Crippen molar-refractivity contribution in [1.82, 2.24) is 0 Å². The topological polar surface area (TPSA) is 59.1 Å². The van der Waals surface area contributed by atoms with Gasteiger partial charge in [0.15, 0.2) is 0 Å².